The summed E-state index contributed by atoms with van der Waals surface area (Å²) >= 11 is 0. The van der Waals surface area contributed by atoms with Crippen molar-refractivity contribution in [3.63, 3.8) is 0 Å². The van der Waals surface area contributed by atoms with Crippen LogP contribution in [0.25, 0.3) is 0 Å². The van der Waals surface area contributed by atoms with Crippen molar-refractivity contribution in [2.24, 2.45) is 5.41 Å². The molecule has 0 heterocycles. The van der Waals surface area contributed by atoms with Gasteiger partial charge in [0.1, 0.15) is 0 Å². The van der Waals surface area contributed by atoms with Crippen molar-refractivity contribution in [3.05, 3.63) is 0 Å². The maximum Gasteiger partial charge on any atom is 1.00 e. The molecule has 12 nitrogen and oxygen atoms in total. The Kier molecular flexibility index (Phi) is 42.5. The number of ether oxygens (including phenoxy) is 4. The first-order chi connectivity index (χ1) is 22.5. The van der Waals surface area contributed by atoms with Crippen LogP contribution in [0.4, 0.5) is 0 Å². The molecule has 0 N–H and O–H groups in total. The first-order valence-electron chi connectivity index (χ1n) is 18.0. The van der Waals surface area contributed by atoms with Crippen LogP contribution in [-0.4, -0.2) is 92.0 Å². The van der Waals surface area contributed by atoms with Crippen LogP contribution < -0.4 is 59.1 Å². The van der Waals surface area contributed by atoms with Gasteiger partial charge in [-0.1, -0.05) is 129 Å². The predicted octanol–water partition coefficient (Wildman–Crippen LogP) is 0.843. The van der Waals surface area contributed by atoms with Gasteiger partial charge in [-0.25, -0.2) is 16.8 Å². The van der Waals surface area contributed by atoms with Crippen molar-refractivity contribution < 1.29 is 112 Å². The van der Waals surface area contributed by atoms with E-state index in [1.54, 1.807) is 0 Å². The fourth-order valence-corrected chi connectivity index (χ4v) is 5.72. The minimum atomic E-state index is -4.83. The van der Waals surface area contributed by atoms with E-state index in [1.807, 2.05) is 0 Å². The molecule has 0 aliphatic heterocycles. The summed E-state index contributed by atoms with van der Waals surface area (Å²) in [6.45, 7) is 4.85. The Hall–Kier alpha value is 1.58. The summed E-state index contributed by atoms with van der Waals surface area (Å²) in [6, 6.07) is 0. The van der Waals surface area contributed by atoms with Gasteiger partial charge in [0.2, 0.25) is 20.8 Å². The van der Waals surface area contributed by atoms with Crippen molar-refractivity contribution >= 4 is 20.8 Å². The summed E-state index contributed by atoms with van der Waals surface area (Å²) in [5.74, 6) is 0. The van der Waals surface area contributed by atoms with Crippen molar-refractivity contribution in [2.75, 3.05) is 66.1 Å². The largest absolute Gasteiger partial charge is 1.00 e. The summed E-state index contributed by atoms with van der Waals surface area (Å²) in [7, 11) is -9.67. The molecule has 0 fully saturated rings. The second-order valence-electron chi connectivity index (χ2n) is 12.5. The summed E-state index contributed by atoms with van der Waals surface area (Å²) in [5, 5.41) is 0. The van der Waals surface area contributed by atoms with Crippen LogP contribution in [0.15, 0.2) is 0 Å². The quantitative estimate of drug-likeness (QED) is 0.0377. The normalized spacial score (nSPS) is 12.2. The molecule has 0 saturated heterocycles. The van der Waals surface area contributed by atoms with Crippen LogP contribution >= 0.6 is 0 Å². The van der Waals surface area contributed by atoms with E-state index in [-0.39, 0.29) is 98.8 Å². The smallest absolute Gasteiger partial charge is 0.726 e. The van der Waals surface area contributed by atoms with E-state index >= 15 is 0 Å². The minimum absolute atomic E-state index is 0. The Labute approximate surface area is 344 Å². The number of unbranched alkanes of at least 4 members (excludes halogenated alkanes) is 18. The van der Waals surface area contributed by atoms with Gasteiger partial charge in [-0.15, -0.1) is 0 Å². The molecule has 0 amide bonds. The molecule has 0 spiro atoms. The average Bonchev–Trinajstić information content (AvgIpc) is 3.00. The molecule has 0 saturated carbocycles. The van der Waals surface area contributed by atoms with Crippen LogP contribution in [0.2, 0.25) is 0 Å². The van der Waals surface area contributed by atoms with Crippen molar-refractivity contribution in [1.29, 1.82) is 0 Å². The van der Waals surface area contributed by atoms with Crippen LogP contribution in [-0.2, 0) is 48.1 Å². The molecule has 284 valence electrons. The SMILES string of the molecule is CCCCCCCCCCCCOCC(COCCCCCCCCCCCC)(COCCOS(=O)(=O)[O-])COCCOS(=O)(=O)[O-].[Na+].[Na+]. The predicted molar refractivity (Wildman–Crippen MR) is 181 cm³/mol. The second kappa shape index (κ2) is 37.9. The van der Waals surface area contributed by atoms with E-state index in [9.17, 15) is 25.9 Å². The fraction of sp³-hybridized carbons (Fsp3) is 1.00. The van der Waals surface area contributed by atoms with Crippen LogP contribution in [0.1, 0.15) is 142 Å². The Morgan fingerprint density at radius 3 is 0.898 bits per heavy atom. The number of rotatable bonds is 38. The van der Waals surface area contributed by atoms with E-state index in [0.717, 1.165) is 38.5 Å². The summed E-state index contributed by atoms with van der Waals surface area (Å²) in [6.07, 6.45) is 24.1. The maximum atomic E-state index is 10.8. The second-order valence-corrected chi connectivity index (χ2v) is 14.6. The molecule has 0 aliphatic rings. The van der Waals surface area contributed by atoms with Gasteiger partial charge in [0.15, 0.2) is 0 Å². The van der Waals surface area contributed by atoms with E-state index in [2.05, 4.69) is 22.2 Å². The molecule has 0 aliphatic carbocycles. The molecule has 0 unspecified atom stereocenters. The Morgan fingerprint density at radius 2 is 0.633 bits per heavy atom. The van der Waals surface area contributed by atoms with E-state index < -0.39 is 39.4 Å². The molecule has 0 rings (SSSR count). The molecule has 16 heteroatoms. The van der Waals surface area contributed by atoms with Crippen molar-refractivity contribution in [3.8, 4) is 0 Å². The topological polar surface area (TPSA) is 170 Å². The molecule has 0 atom stereocenters. The third-order valence-electron chi connectivity index (χ3n) is 7.83. The Morgan fingerprint density at radius 1 is 0.388 bits per heavy atom. The molecular formula is C33H66Na2O12S2. The van der Waals surface area contributed by atoms with Crippen LogP contribution in [0.5, 0.6) is 0 Å². The van der Waals surface area contributed by atoms with Crippen LogP contribution in [0.3, 0.4) is 0 Å². The van der Waals surface area contributed by atoms with Gasteiger partial charge in [-0.3, -0.25) is 8.37 Å². The van der Waals surface area contributed by atoms with Crippen LogP contribution in [0, 0.1) is 5.41 Å². The third-order valence-corrected chi connectivity index (χ3v) is 8.74. The van der Waals surface area contributed by atoms with E-state index in [0.29, 0.717) is 13.2 Å². The number of hydrogen-bond donors (Lipinski definition) is 0. The first kappa shape index (κ1) is 54.9. The molecule has 0 radical (unpaired) electrons. The van der Waals surface area contributed by atoms with E-state index in [4.69, 9.17) is 18.9 Å². The molecule has 0 aromatic heterocycles. The van der Waals surface area contributed by atoms with Gasteiger partial charge in [0, 0.05) is 13.2 Å². The van der Waals surface area contributed by atoms with Gasteiger partial charge in [0.05, 0.1) is 58.3 Å². The Balaban J connectivity index is -0.0000106. The molecule has 0 bridgehead atoms. The van der Waals surface area contributed by atoms with Crippen molar-refractivity contribution in [1.82, 2.24) is 0 Å². The first-order valence-corrected chi connectivity index (χ1v) is 20.7. The monoisotopic (exact) mass is 764 g/mol. The molecule has 0 aromatic carbocycles. The van der Waals surface area contributed by atoms with Gasteiger partial charge in [-0.05, 0) is 12.8 Å². The van der Waals surface area contributed by atoms with E-state index in [1.165, 1.54) is 89.9 Å². The summed E-state index contributed by atoms with van der Waals surface area (Å²) in [5.41, 5.74) is -0.816. The zero-order valence-electron chi connectivity index (χ0n) is 31.4. The summed E-state index contributed by atoms with van der Waals surface area (Å²) < 4.78 is 96.6. The molecular weight excluding hydrogens is 698 g/mol. The zero-order chi connectivity index (χ0) is 35.0. The fourth-order valence-electron chi connectivity index (χ4n) is 5.18. The van der Waals surface area contributed by atoms with Gasteiger partial charge >= 0.3 is 59.1 Å². The van der Waals surface area contributed by atoms with Crippen molar-refractivity contribution in [2.45, 2.75) is 142 Å². The standard InChI is InChI=1S/C33H68O12S2.2Na/c1-3-5-7-9-11-13-15-17-19-21-23-40-29-33(31-42-25-27-44-46(34,35)36,32-43-26-28-45-47(37,38)39)30-41-24-22-20-18-16-14-12-10-8-6-4-2;;/h3-32H2,1-2H3,(H,34,35,36)(H,37,38,39);;/q;2*+1/p-2. The average molecular weight is 765 g/mol. The number of hydrogen-bond acceptors (Lipinski definition) is 12. The third kappa shape index (κ3) is 42.2. The maximum absolute atomic E-state index is 10.8. The zero-order valence-corrected chi connectivity index (χ0v) is 37.1. The van der Waals surface area contributed by atoms with Gasteiger partial charge < -0.3 is 28.1 Å². The Bertz CT molecular complexity index is 824. The summed E-state index contributed by atoms with van der Waals surface area (Å²) in [4.78, 5) is 0. The minimum Gasteiger partial charge on any atom is -0.726 e. The van der Waals surface area contributed by atoms with Gasteiger partial charge in [0.25, 0.3) is 0 Å². The molecule has 0 aromatic rings. The van der Waals surface area contributed by atoms with Gasteiger partial charge in [-0.2, -0.15) is 0 Å². The molecule has 49 heavy (non-hydrogen) atoms.